The fourth-order valence-electron chi connectivity index (χ4n) is 3.31. The number of rotatable bonds is 2. The van der Waals surface area contributed by atoms with E-state index in [4.69, 9.17) is 0 Å². The highest BCUT2D eigenvalue weighted by Crippen LogP contribution is 2.72. The maximum Gasteiger partial charge on any atom is 0.0831 e. The largest absolute Gasteiger partial charge is 0.388 e. The summed E-state index contributed by atoms with van der Waals surface area (Å²) in [5, 5.41) is 10.6. The molecule has 0 spiro atoms. The Morgan fingerprint density at radius 3 is 2.06 bits per heavy atom. The van der Waals surface area contributed by atoms with E-state index in [1.165, 1.54) is 11.1 Å². The van der Waals surface area contributed by atoms with Crippen LogP contribution in [0.15, 0.2) is 18.2 Å². The van der Waals surface area contributed by atoms with Gasteiger partial charge in [-0.1, -0.05) is 45.9 Å². The Morgan fingerprint density at radius 1 is 1.06 bits per heavy atom. The highest BCUT2D eigenvalue weighted by Gasteiger charge is 2.67. The van der Waals surface area contributed by atoms with Gasteiger partial charge in [0.2, 0.25) is 0 Å². The summed E-state index contributed by atoms with van der Waals surface area (Å²) in [5.41, 5.74) is 4.05. The second kappa shape index (κ2) is 3.58. The molecule has 2 rings (SSSR count). The molecule has 0 bridgehead atoms. The van der Waals surface area contributed by atoms with Gasteiger partial charge in [-0.15, -0.1) is 0 Å². The molecule has 1 aliphatic carbocycles. The zero-order valence-corrected chi connectivity index (χ0v) is 11.8. The molecule has 94 valence electrons. The van der Waals surface area contributed by atoms with Gasteiger partial charge >= 0.3 is 0 Å². The van der Waals surface area contributed by atoms with Crippen molar-refractivity contribution < 1.29 is 5.11 Å². The number of aryl methyl sites for hydroxylation is 1. The number of hydrogen-bond acceptors (Lipinski definition) is 1. The molecule has 1 aromatic rings. The van der Waals surface area contributed by atoms with E-state index in [-0.39, 0.29) is 16.9 Å². The monoisotopic (exact) mass is 232 g/mol. The van der Waals surface area contributed by atoms with Gasteiger partial charge in [-0.2, -0.15) is 0 Å². The first-order valence-electron chi connectivity index (χ1n) is 6.45. The maximum absolute atomic E-state index is 10.6. The average molecular weight is 232 g/mol. The maximum atomic E-state index is 10.6. The lowest BCUT2D eigenvalue weighted by molar-refractivity contribution is 0.130. The van der Waals surface area contributed by atoms with Crippen LogP contribution in [-0.2, 0) is 0 Å². The van der Waals surface area contributed by atoms with E-state index < -0.39 is 0 Å². The van der Waals surface area contributed by atoms with Crippen molar-refractivity contribution in [2.45, 2.75) is 47.6 Å². The number of aliphatic hydroxyl groups excluding tert-OH is 1. The van der Waals surface area contributed by atoms with Crippen LogP contribution in [0.1, 0.15) is 50.5 Å². The van der Waals surface area contributed by atoms with Crippen LogP contribution in [0.2, 0.25) is 0 Å². The first-order valence-corrected chi connectivity index (χ1v) is 6.45. The van der Waals surface area contributed by atoms with Gasteiger partial charge < -0.3 is 5.11 Å². The molecule has 1 aromatic carbocycles. The lowest BCUT2D eigenvalue weighted by atomic mass is 9.93. The van der Waals surface area contributed by atoms with E-state index in [0.717, 1.165) is 5.56 Å². The summed E-state index contributed by atoms with van der Waals surface area (Å²) < 4.78 is 0. The van der Waals surface area contributed by atoms with Crippen molar-refractivity contribution in [3.8, 4) is 0 Å². The van der Waals surface area contributed by atoms with E-state index in [1.54, 1.807) is 0 Å². The topological polar surface area (TPSA) is 20.2 Å². The fourth-order valence-corrected chi connectivity index (χ4v) is 3.31. The Hall–Kier alpha value is -0.820. The highest BCUT2D eigenvalue weighted by atomic mass is 16.3. The predicted octanol–water partition coefficient (Wildman–Crippen LogP) is 4.02. The molecule has 1 aliphatic rings. The molecule has 1 nitrogen and oxygen atoms in total. The molecule has 0 radical (unpaired) electrons. The SMILES string of the molecule is Cc1cccc(C(O)C2C(C)(C)C2(C)C)c1C. The third kappa shape index (κ3) is 1.63. The van der Waals surface area contributed by atoms with Crippen molar-refractivity contribution in [2.24, 2.45) is 16.7 Å². The molecule has 1 fully saturated rings. The van der Waals surface area contributed by atoms with Crippen molar-refractivity contribution >= 4 is 0 Å². The van der Waals surface area contributed by atoms with E-state index in [2.05, 4.69) is 53.7 Å². The molecule has 0 aliphatic heterocycles. The first kappa shape index (κ1) is 12.6. The standard InChI is InChI=1S/C16H24O/c1-10-8-7-9-12(11(10)2)13(17)14-15(3,4)16(14,5)6/h7-9,13-14,17H,1-6H3. The van der Waals surface area contributed by atoms with Crippen LogP contribution >= 0.6 is 0 Å². The van der Waals surface area contributed by atoms with Gasteiger partial charge in [-0.05, 0) is 41.4 Å². The van der Waals surface area contributed by atoms with E-state index in [9.17, 15) is 5.11 Å². The van der Waals surface area contributed by atoms with Gasteiger partial charge in [0.05, 0.1) is 6.10 Å². The molecule has 1 unspecified atom stereocenters. The highest BCUT2D eigenvalue weighted by molar-refractivity contribution is 5.37. The molecule has 0 saturated heterocycles. The van der Waals surface area contributed by atoms with Crippen LogP contribution in [0, 0.1) is 30.6 Å². The Labute approximate surface area is 105 Å². The van der Waals surface area contributed by atoms with Crippen LogP contribution < -0.4 is 0 Å². The summed E-state index contributed by atoms with van der Waals surface area (Å²) in [4.78, 5) is 0. The fraction of sp³-hybridized carbons (Fsp3) is 0.625. The number of hydrogen-bond donors (Lipinski definition) is 1. The average Bonchev–Trinajstić information content (AvgIpc) is 2.61. The van der Waals surface area contributed by atoms with E-state index in [0.29, 0.717) is 5.92 Å². The lowest BCUT2D eigenvalue weighted by Gasteiger charge is -2.17. The van der Waals surface area contributed by atoms with E-state index in [1.807, 2.05) is 6.07 Å². The zero-order valence-electron chi connectivity index (χ0n) is 11.8. The Kier molecular flexibility index (Phi) is 2.66. The number of aliphatic hydroxyl groups is 1. The van der Waals surface area contributed by atoms with Crippen molar-refractivity contribution in [3.05, 3.63) is 34.9 Å². The molecule has 0 aromatic heterocycles. The molecular formula is C16H24O. The van der Waals surface area contributed by atoms with Gasteiger partial charge in [0.1, 0.15) is 0 Å². The van der Waals surface area contributed by atoms with Crippen LogP contribution in [0.25, 0.3) is 0 Å². The van der Waals surface area contributed by atoms with E-state index >= 15 is 0 Å². The Bertz CT molecular complexity index is 429. The van der Waals surface area contributed by atoms with Crippen LogP contribution in [0.3, 0.4) is 0 Å². The quantitative estimate of drug-likeness (QED) is 0.816. The minimum Gasteiger partial charge on any atom is -0.388 e. The van der Waals surface area contributed by atoms with Crippen molar-refractivity contribution in [2.75, 3.05) is 0 Å². The summed E-state index contributed by atoms with van der Waals surface area (Å²) in [7, 11) is 0. The minimum absolute atomic E-state index is 0.225. The van der Waals surface area contributed by atoms with Crippen molar-refractivity contribution in [1.29, 1.82) is 0 Å². The summed E-state index contributed by atoms with van der Waals surface area (Å²) in [6.45, 7) is 13.2. The summed E-state index contributed by atoms with van der Waals surface area (Å²) in [6.07, 6.45) is -0.333. The van der Waals surface area contributed by atoms with Gasteiger partial charge in [0, 0.05) is 5.92 Å². The minimum atomic E-state index is -0.333. The van der Waals surface area contributed by atoms with Crippen LogP contribution in [-0.4, -0.2) is 5.11 Å². The lowest BCUT2D eigenvalue weighted by Crippen LogP contribution is -2.08. The zero-order chi connectivity index (χ0) is 13.0. The van der Waals surface area contributed by atoms with Crippen LogP contribution in [0.5, 0.6) is 0 Å². The molecule has 17 heavy (non-hydrogen) atoms. The van der Waals surface area contributed by atoms with Gasteiger partial charge in [-0.3, -0.25) is 0 Å². The normalized spacial score (nSPS) is 23.5. The molecule has 0 heterocycles. The number of benzene rings is 1. The molecule has 1 atom stereocenters. The third-order valence-electron chi connectivity index (χ3n) is 5.41. The van der Waals surface area contributed by atoms with Crippen LogP contribution in [0.4, 0.5) is 0 Å². The molecular weight excluding hydrogens is 208 g/mol. The molecule has 1 heteroatoms. The smallest absolute Gasteiger partial charge is 0.0831 e. The summed E-state index contributed by atoms with van der Waals surface area (Å²) >= 11 is 0. The first-order chi connectivity index (χ1) is 7.71. The summed E-state index contributed by atoms with van der Waals surface area (Å²) in [6, 6.07) is 6.22. The second-order valence-corrected chi connectivity index (χ2v) is 6.66. The Morgan fingerprint density at radius 2 is 1.59 bits per heavy atom. The van der Waals surface area contributed by atoms with Gasteiger partial charge in [-0.25, -0.2) is 0 Å². The van der Waals surface area contributed by atoms with Gasteiger partial charge in [0.15, 0.2) is 0 Å². The second-order valence-electron chi connectivity index (χ2n) is 6.66. The molecule has 0 amide bonds. The third-order valence-corrected chi connectivity index (χ3v) is 5.41. The summed E-state index contributed by atoms with van der Waals surface area (Å²) in [5.74, 6) is 0.357. The molecule has 1 saturated carbocycles. The van der Waals surface area contributed by atoms with Crippen molar-refractivity contribution in [3.63, 3.8) is 0 Å². The molecule has 1 N–H and O–H groups in total. The van der Waals surface area contributed by atoms with Gasteiger partial charge in [0.25, 0.3) is 0 Å². The predicted molar refractivity (Wildman–Crippen MR) is 71.9 cm³/mol. The Balaban J connectivity index is 2.34. The van der Waals surface area contributed by atoms with Crippen molar-refractivity contribution in [1.82, 2.24) is 0 Å².